The molecule has 3 N–H and O–H groups in total. The quantitative estimate of drug-likeness (QED) is 0.367. The van der Waals surface area contributed by atoms with Crippen LogP contribution in [0.2, 0.25) is 0 Å². The molecule has 0 spiro atoms. The van der Waals surface area contributed by atoms with Gasteiger partial charge in [0.15, 0.2) is 5.82 Å². The van der Waals surface area contributed by atoms with Crippen LogP contribution < -0.4 is 25.6 Å². The summed E-state index contributed by atoms with van der Waals surface area (Å²) >= 11 is 0. The molecule has 5 heterocycles. The van der Waals surface area contributed by atoms with Gasteiger partial charge >= 0.3 is 6.18 Å². The smallest absolute Gasteiger partial charge is 0.417 e. The number of benzene rings is 1. The summed E-state index contributed by atoms with van der Waals surface area (Å²) < 4.78 is 79.8. The molecule has 1 aromatic carbocycles. The molecule has 0 aliphatic carbocycles. The molecule has 2 aromatic heterocycles. The second kappa shape index (κ2) is 9.26. The number of hydrogen-bond donors (Lipinski definition) is 2. The summed E-state index contributed by atoms with van der Waals surface area (Å²) in [6.07, 6.45) is -5.48. The van der Waals surface area contributed by atoms with Crippen molar-refractivity contribution in [2.24, 2.45) is 0 Å². The van der Waals surface area contributed by atoms with E-state index in [1.165, 1.54) is 0 Å². The number of nitrogen functional groups attached to an aromatic ring is 1. The number of anilines is 3. The molecule has 2 fully saturated rings. The third kappa shape index (κ3) is 4.07. The van der Waals surface area contributed by atoms with Gasteiger partial charge in [-0.15, -0.1) is 0 Å². The number of piperazine rings is 1. The van der Waals surface area contributed by atoms with Crippen molar-refractivity contribution in [3.05, 3.63) is 28.8 Å². The summed E-state index contributed by atoms with van der Waals surface area (Å²) in [6, 6.07) is 0.824. The Morgan fingerprint density at radius 3 is 2.52 bits per heavy atom. The molecule has 3 aliphatic rings. The number of nitrogens with two attached hydrogens (primary N) is 1. The van der Waals surface area contributed by atoms with E-state index in [4.69, 9.17) is 15.5 Å². The number of likely N-dealkylation sites (N-methyl/N-ethyl adjacent to an activating group) is 1. The molecule has 6 rings (SSSR count). The van der Waals surface area contributed by atoms with Crippen molar-refractivity contribution in [3.8, 4) is 17.1 Å². The lowest BCUT2D eigenvalue weighted by Gasteiger charge is -2.43. The molecule has 214 valence electrons. The van der Waals surface area contributed by atoms with E-state index in [1.54, 1.807) is 0 Å². The van der Waals surface area contributed by atoms with Crippen molar-refractivity contribution in [1.29, 1.82) is 0 Å². The highest BCUT2D eigenvalue weighted by molar-refractivity contribution is 5.98. The van der Waals surface area contributed by atoms with E-state index in [2.05, 4.69) is 20.2 Å². The monoisotopic (exact) mass is 564 g/mol. The Hall–Kier alpha value is -3.52. The number of fused-ring (bicyclic) bond motifs is 2. The van der Waals surface area contributed by atoms with Crippen molar-refractivity contribution >= 4 is 28.4 Å². The van der Waals surface area contributed by atoms with Gasteiger partial charge in [0, 0.05) is 44.3 Å². The number of aromatic nitrogens is 3. The highest BCUT2D eigenvalue weighted by Gasteiger charge is 2.42. The Labute approximate surface area is 227 Å². The first-order valence-corrected chi connectivity index (χ1v) is 13.0. The Morgan fingerprint density at radius 2 is 1.85 bits per heavy atom. The van der Waals surface area contributed by atoms with Crippen LogP contribution in [0.25, 0.3) is 22.2 Å². The Balaban J connectivity index is 1.64. The number of rotatable bonds is 3. The number of pyridine rings is 1. The SMILES string of the molecule is Cc1c(F)c(N)cc(-c2nc3c4c(nc(N5CC(N(C)C)C5)nc4c2F)N2CCNC[C@H]2[C@H](C)O3)c1C(F)(F)F. The predicted molar refractivity (Wildman–Crippen MR) is 141 cm³/mol. The van der Waals surface area contributed by atoms with Gasteiger partial charge in [0.05, 0.1) is 17.3 Å². The van der Waals surface area contributed by atoms with E-state index in [0.717, 1.165) is 13.0 Å². The van der Waals surface area contributed by atoms with Crippen LogP contribution in [0.15, 0.2) is 6.07 Å². The van der Waals surface area contributed by atoms with Crippen molar-refractivity contribution < 1.29 is 26.7 Å². The summed E-state index contributed by atoms with van der Waals surface area (Å²) in [7, 11) is 3.92. The Kier molecular flexibility index (Phi) is 6.18. The highest BCUT2D eigenvalue weighted by atomic mass is 19.4. The van der Waals surface area contributed by atoms with Crippen LogP contribution in [0, 0.1) is 18.6 Å². The van der Waals surface area contributed by atoms with Crippen molar-refractivity contribution in [1.82, 2.24) is 25.2 Å². The number of hydrogen-bond acceptors (Lipinski definition) is 9. The number of halogens is 5. The van der Waals surface area contributed by atoms with Gasteiger partial charge in [-0.1, -0.05) is 0 Å². The lowest BCUT2D eigenvalue weighted by molar-refractivity contribution is -0.137. The minimum atomic E-state index is -5.01. The normalized spacial score (nSPS) is 21.4. The van der Waals surface area contributed by atoms with Crippen LogP contribution in [-0.2, 0) is 6.18 Å². The number of nitrogens with one attached hydrogen (secondary N) is 1. The summed E-state index contributed by atoms with van der Waals surface area (Å²) in [5, 5.41) is 3.51. The fourth-order valence-electron chi connectivity index (χ4n) is 5.70. The Bertz CT molecular complexity index is 1510. The van der Waals surface area contributed by atoms with E-state index in [1.807, 2.05) is 30.8 Å². The maximum absolute atomic E-state index is 16.5. The van der Waals surface area contributed by atoms with Crippen LogP contribution in [-0.4, -0.2) is 84.9 Å². The average Bonchev–Trinajstić information content (AvgIpc) is 2.97. The van der Waals surface area contributed by atoms with Crippen LogP contribution in [0.5, 0.6) is 5.88 Å². The summed E-state index contributed by atoms with van der Waals surface area (Å²) in [5.74, 6) is -1.71. The highest BCUT2D eigenvalue weighted by Crippen LogP contribution is 2.46. The van der Waals surface area contributed by atoms with Crippen molar-refractivity contribution in [2.75, 3.05) is 62.4 Å². The first-order valence-electron chi connectivity index (χ1n) is 13.0. The molecule has 0 unspecified atom stereocenters. The zero-order chi connectivity index (χ0) is 28.7. The zero-order valence-corrected chi connectivity index (χ0v) is 22.4. The summed E-state index contributed by atoms with van der Waals surface area (Å²) in [6.45, 7) is 5.76. The lowest BCUT2D eigenvalue weighted by atomic mass is 9.96. The molecular formula is C26H29F5N8O. The topological polar surface area (TPSA) is 95.7 Å². The van der Waals surface area contributed by atoms with Crippen LogP contribution in [0.1, 0.15) is 18.1 Å². The molecule has 3 aliphatic heterocycles. The largest absolute Gasteiger partial charge is 0.472 e. The van der Waals surface area contributed by atoms with Gasteiger partial charge in [0.2, 0.25) is 11.8 Å². The molecule has 14 heteroatoms. The summed E-state index contributed by atoms with van der Waals surface area (Å²) in [4.78, 5) is 19.6. The minimum Gasteiger partial charge on any atom is -0.472 e. The molecule has 2 saturated heterocycles. The van der Waals surface area contributed by atoms with Gasteiger partial charge in [0.1, 0.15) is 34.3 Å². The van der Waals surface area contributed by atoms with Gasteiger partial charge in [-0.2, -0.15) is 18.2 Å². The first kappa shape index (κ1) is 26.7. The third-order valence-electron chi connectivity index (χ3n) is 8.06. The molecule has 9 nitrogen and oxygen atoms in total. The molecule has 0 saturated carbocycles. The molecule has 0 amide bonds. The van der Waals surface area contributed by atoms with Gasteiger partial charge in [0.25, 0.3) is 0 Å². The maximum atomic E-state index is 16.5. The van der Waals surface area contributed by atoms with Gasteiger partial charge < -0.3 is 30.5 Å². The lowest BCUT2D eigenvalue weighted by Crippen LogP contribution is -2.58. The maximum Gasteiger partial charge on any atom is 0.417 e. The van der Waals surface area contributed by atoms with E-state index in [-0.39, 0.29) is 34.8 Å². The van der Waals surface area contributed by atoms with Gasteiger partial charge in [-0.05, 0) is 39.6 Å². The van der Waals surface area contributed by atoms with E-state index in [9.17, 15) is 17.6 Å². The van der Waals surface area contributed by atoms with Crippen molar-refractivity contribution in [3.63, 3.8) is 0 Å². The first-order chi connectivity index (χ1) is 18.9. The van der Waals surface area contributed by atoms with Gasteiger partial charge in [-0.25, -0.2) is 18.7 Å². The zero-order valence-electron chi connectivity index (χ0n) is 22.4. The van der Waals surface area contributed by atoms with Crippen molar-refractivity contribution in [2.45, 2.75) is 38.2 Å². The van der Waals surface area contributed by atoms with E-state index < -0.39 is 52.0 Å². The van der Waals surface area contributed by atoms with Crippen LogP contribution in [0.4, 0.5) is 39.4 Å². The standard InChI is InChI=1S/C26H29F5N8O/c1-11-18(26(29,30)31)14(7-15(32)19(11)27)21-20(28)22-17-23(36-25(35-22)38-9-13(10-38)37(3)4)39-6-5-33-8-16(39)12(2)40-24(17)34-21/h7,12-13,16,33H,5-6,8-10,32H2,1-4H3/t12-,16-/m0/s1. The fourth-order valence-corrected chi connectivity index (χ4v) is 5.70. The van der Waals surface area contributed by atoms with Crippen LogP contribution in [0.3, 0.4) is 0 Å². The van der Waals surface area contributed by atoms with E-state index >= 15 is 4.39 Å². The fraction of sp³-hybridized carbons (Fsp3) is 0.500. The second-order valence-electron chi connectivity index (χ2n) is 10.8. The minimum absolute atomic E-state index is 0.0849. The summed E-state index contributed by atoms with van der Waals surface area (Å²) in [5.41, 5.74) is 1.51. The number of nitrogens with zero attached hydrogens (tertiary/aromatic N) is 6. The van der Waals surface area contributed by atoms with Crippen LogP contribution >= 0.6 is 0 Å². The molecule has 40 heavy (non-hydrogen) atoms. The molecule has 0 bridgehead atoms. The number of alkyl halides is 3. The molecule has 3 aromatic rings. The molecule has 2 atom stereocenters. The Morgan fingerprint density at radius 1 is 1.12 bits per heavy atom. The second-order valence-corrected chi connectivity index (χ2v) is 10.8. The predicted octanol–water partition coefficient (Wildman–Crippen LogP) is 3.19. The molecule has 0 radical (unpaired) electrons. The van der Waals surface area contributed by atoms with Gasteiger partial charge in [-0.3, -0.25) is 0 Å². The third-order valence-corrected chi connectivity index (χ3v) is 8.06. The van der Waals surface area contributed by atoms with E-state index in [0.29, 0.717) is 38.5 Å². The molecular weight excluding hydrogens is 535 g/mol. The number of ether oxygens (including phenoxy) is 1. The average molecular weight is 565 g/mol.